The lowest BCUT2D eigenvalue weighted by Crippen LogP contribution is -2.57. The third-order valence-corrected chi connectivity index (χ3v) is 7.68. The van der Waals surface area contributed by atoms with Gasteiger partial charge in [0.25, 0.3) is 0 Å². The number of sulfonamides is 1. The van der Waals surface area contributed by atoms with Gasteiger partial charge >= 0.3 is 0 Å². The third-order valence-electron chi connectivity index (χ3n) is 6.24. The molecule has 1 saturated heterocycles. The minimum absolute atomic E-state index is 0.0282. The highest BCUT2D eigenvalue weighted by atomic mass is 32.2. The van der Waals surface area contributed by atoms with E-state index in [1.165, 1.54) is 0 Å². The molecule has 1 unspecified atom stereocenters. The van der Waals surface area contributed by atoms with Crippen molar-refractivity contribution in [2.24, 2.45) is 5.92 Å². The Morgan fingerprint density at radius 1 is 1.00 bits per heavy atom. The third kappa shape index (κ3) is 5.90. The molecule has 2 fully saturated rings. The van der Waals surface area contributed by atoms with E-state index in [9.17, 15) is 18.0 Å². The van der Waals surface area contributed by atoms with Crippen LogP contribution in [0.4, 0.5) is 0 Å². The Bertz CT molecular complexity index is 1120. The van der Waals surface area contributed by atoms with E-state index in [4.69, 9.17) is 0 Å². The summed E-state index contributed by atoms with van der Waals surface area (Å²) in [5, 5.41) is 4.77. The van der Waals surface area contributed by atoms with Gasteiger partial charge in [0, 0.05) is 32.2 Å². The number of piperazine rings is 1. The number of rotatable bonds is 8. The highest BCUT2D eigenvalue weighted by Gasteiger charge is 2.33. The second kappa shape index (κ2) is 9.79. The molecule has 1 saturated carbocycles. The van der Waals surface area contributed by atoms with E-state index in [0.29, 0.717) is 38.8 Å². The fourth-order valence-corrected chi connectivity index (χ4v) is 5.44. The van der Waals surface area contributed by atoms with Crippen LogP contribution in [0.5, 0.6) is 0 Å². The van der Waals surface area contributed by atoms with Crippen molar-refractivity contribution in [2.75, 3.05) is 32.7 Å². The lowest BCUT2D eigenvalue weighted by atomic mass is 10.0. The molecular weight excluding hydrogens is 440 g/mol. The predicted molar refractivity (Wildman–Crippen MR) is 127 cm³/mol. The van der Waals surface area contributed by atoms with E-state index in [-0.39, 0.29) is 22.6 Å². The van der Waals surface area contributed by atoms with E-state index in [1.807, 2.05) is 43.0 Å². The summed E-state index contributed by atoms with van der Waals surface area (Å²) in [6.45, 7) is 6.12. The van der Waals surface area contributed by atoms with E-state index in [1.54, 1.807) is 23.1 Å². The predicted octanol–water partition coefficient (Wildman–Crippen LogP) is 1.57. The van der Waals surface area contributed by atoms with Crippen LogP contribution in [0.2, 0.25) is 0 Å². The summed E-state index contributed by atoms with van der Waals surface area (Å²) >= 11 is 0. The molecule has 8 nitrogen and oxygen atoms in total. The van der Waals surface area contributed by atoms with Crippen molar-refractivity contribution < 1.29 is 18.0 Å². The van der Waals surface area contributed by atoms with Crippen LogP contribution in [0.3, 0.4) is 0 Å². The van der Waals surface area contributed by atoms with Crippen molar-refractivity contribution in [1.82, 2.24) is 19.8 Å². The number of benzene rings is 2. The first kappa shape index (κ1) is 23.7. The van der Waals surface area contributed by atoms with E-state index in [2.05, 4.69) is 10.0 Å². The van der Waals surface area contributed by atoms with Crippen LogP contribution in [-0.2, 0) is 19.6 Å². The quantitative estimate of drug-likeness (QED) is 0.608. The number of hydrogen-bond donors (Lipinski definition) is 2. The van der Waals surface area contributed by atoms with Gasteiger partial charge in [-0.1, -0.05) is 44.2 Å². The van der Waals surface area contributed by atoms with Crippen LogP contribution >= 0.6 is 0 Å². The Hall–Kier alpha value is -2.49. The van der Waals surface area contributed by atoms with E-state index in [0.717, 1.165) is 23.6 Å². The van der Waals surface area contributed by atoms with Gasteiger partial charge in [0.05, 0.1) is 11.4 Å². The van der Waals surface area contributed by atoms with Crippen LogP contribution in [0.15, 0.2) is 47.4 Å². The largest absolute Gasteiger partial charge is 0.352 e. The fourth-order valence-electron chi connectivity index (χ4n) is 4.07. The average Bonchev–Trinajstić information content (AvgIpc) is 3.61. The SMILES string of the molecule is CC(C)C(NS(=O)(=O)c1ccc2ccccc2c1)C(=O)N1CCN(CC(=O)NC2CC2)CC1. The van der Waals surface area contributed by atoms with Crippen LogP contribution in [0.25, 0.3) is 10.8 Å². The van der Waals surface area contributed by atoms with Crippen molar-refractivity contribution in [1.29, 1.82) is 0 Å². The molecule has 1 aliphatic heterocycles. The van der Waals surface area contributed by atoms with Crippen molar-refractivity contribution in [3.8, 4) is 0 Å². The van der Waals surface area contributed by atoms with E-state index < -0.39 is 16.1 Å². The average molecular weight is 473 g/mol. The monoisotopic (exact) mass is 472 g/mol. The molecule has 1 atom stereocenters. The van der Waals surface area contributed by atoms with Crippen LogP contribution < -0.4 is 10.0 Å². The molecule has 9 heteroatoms. The van der Waals surface area contributed by atoms with Gasteiger partial charge in [-0.2, -0.15) is 4.72 Å². The molecule has 2 aromatic rings. The summed E-state index contributed by atoms with van der Waals surface area (Å²) in [6, 6.07) is 12.0. The Kier molecular flexibility index (Phi) is 7.02. The van der Waals surface area contributed by atoms with Gasteiger partial charge in [-0.3, -0.25) is 14.5 Å². The van der Waals surface area contributed by atoms with Gasteiger partial charge < -0.3 is 10.2 Å². The number of hydrogen-bond acceptors (Lipinski definition) is 5. The molecule has 2 aromatic carbocycles. The number of nitrogens with zero attached hydrogens (tertiary/aromatic N) is 2. The summed E-state index contributed by atoms with van der Waals surface area (Å²) < 4.78 is 28.9. The smallest absolute Gasteiger partial charge is 0.241 e. The second-order valence-corrected chi connectivity index (χ2v) is 11.0. The molecule has 0 aromatic heterocycles. The highest BCUT2D eigenvalue weighted by molar-refractivity contribution is 7.89. The first-order chi connectivity index (χ1) is 15.7. The van der Waals surface area contributed by atoms with Gasteiger partial charge in [0.15, 0.2) is 0 Å². The molecule has 0 bridgehead atoms. The van der Waals surface area contributed by atoms with Crippen molar-refractivity contribution in [3.63, 3.8) is 0 Å². The molecular formula is C24H32N4O4S. The maximum absolute atomic E-state index is 13.2. The second-order valence-electron chi connectivity index (χ2n) is 9.30. The summed E-state index contributed by atoms with van der Waals surface area (Å²) in [4.78, 5) is 29.2. The summed E-state index contributed by atoms with van der Waals surface area (Å²) in [7, 11) is -3.87. The first-order valence-corrected chi connectivity index (χ1v) is 13.0. The number of nitrogens with one attached hydrogen (secondary N) is 2. The molecule has 0 radical (unpaired) electrons. The molecule has 1 heterocycles. The normalized spacial score (nSPS) is 18.5. The minimum atomic E-state index is -3.87. The van der Waals surface area contributed by atoms with Crippen LogP contribution in [0.1, 0.15) is 26.7 Å². The molecule has 33 heavy (non-hydrogen) atoms. The zero-order valence-corrected chi connectivity index (χ0v) is 20.0. The number of carbonyl (C=O) groups excluding carboxylic acids is 2. The van der Waals surface area contributed by atoms with E-state index >= 15 is 0 Å². The van der Waals surface area contributed by atoms with Gasteiger partial charge in [-0.25, -0.2) is 8.42 Å². The van der Waals surface area contributed by atoms with Gasteiger partial charge in [-0.05, 0) is 41.7 Å². The summed E-state index contributed by atoms with van der Waals surface area (Å²) in [6.07, 6.45) is 2.11. The summed E-state index contributed by atoms with van der Waals surface area (Å²) in [5.74, 6) is -0.410. The molecule has 178 valence electrons. The maximum Gasteiger partial charge on any atom is 0.241 e. The van der Waals surface area contributed by atoms with Gasteiger partial charge in [0.2, 0.25) is 21.8 Å². The molecule has 2 aliphatic rings. The number of fused-ring (bicyclic) bond motifs is 1. The van der Waals surface area contributed by atoms with Crippen LogP contribution in [0, 0.1) is 5.92 Å². The Balaban J connectivity index is 1.39. The highest BCUT2D eigenvalue weighted by Crippen LogP contribution is 2.21. The summed E-state index contributed by atoms with van der Waals surface area (Å²) in [5.41, 5.74) is 0. The van der Waals surface area contributed by atoms with Crippen molar-refractivity contribution in [2.45, 2.75) is 43.7 Å². The number of carbonyl (C=O) groups is 2. The lowest BCUT2D eigenvalue weighted by Gasteiger charge is -2.37. The number of amides is 2. The zero-order chi connectivity index (χ0) is 23.6. The maximum atomic E-state index is 13.2. The molecule has 4 rings (SSSR count). The van der Waals surface area contributed by atoms with Crippen LogP contribution in [-0.4, -0.2) is 74.8 Å². The van der Waals surface area contributed by atoms with Gasteiger partial charge in [0.1, 0.15) is 6.04 Å². The Morgan fingerprint density at radius 2 is 1.67 bits per heavy atom. The minimum Gasteiger partial charge on any atom is -0.352 e. The molecule has 0 spiro atoms. The lowest BCUT2D eigenvalue weighted by molar-refractivity contribution is -0.136. The van der Waals surface area contributed by atoms with Crippen molar-refractivity contribution in [3.05, 3.63) is 42.5 Å². The Morgan fingerprint density at radius 3 is 2.30 bits per heavy atom. The molecule has 2 N–H and O–H groups in total. The topological polar surface area (TPSA) is 98.8 Å². The standard InChI is InChI=1S/C24H32N4O4S/c1-17(2)23(26-33(31,32)21-10-7-18-5-3-4-6-19(18)15-21)24(30)28-13-11-27(12-14-28)16-22(29)25-20-8-9-20/h3-7,10,15,17,20,23,26H,8-9,11-14,16H2,1-2H3,(H,25,29). The Labute approximate surface area is 195 Å². The van der Waals surface area contributed by atoms with Crippen molar-refractivity contribution >= 4 is 32.6 Å². The first-order valence-electron chi connectivity index (χ1n) is 11.5. The molecule has 1 aliphatic carbocycles. The molecule has 2 amide bonds. The van der Waals surface area contributed by atoms with Gasteiger partial charge in [-0.15, -0.1) is 0 Å². The fraction of sp³-hybridized carbons (Fsp3) is 0.500. The zero-order valence-electron chi connectivity index (χ0n) is 19.2.